The van der Waals surface area contributed by atoms with Gasteiger partial charge < -0.3 is 14.8 Å². The molecule has 118 valence electrons. The molecule has 1 aliphatic heterocycles. The average Bonchev–Trinajstić information content (AvgIpc) is 2.93. The molecule has 1 aliphatic rings. The molecule has 0 amide bonds. The lowest BCUT2D eigenvalue weighted by Crippen LogP contribution is -2.43. The lowest BCUT2D eigenvalue weighted by Gasteiger charge is -2.34. The van der Waals surface area contributed by atoms with E-state index >= 15 is 0 Å². The van der Waals surface area contributed by atoms with Gasteiger partial charge in [-0.05, 0) is 44.4 Å². The third-order valence-electron chi connectivity index (χ3n) is 4.57. The fourth-order valence-electron chi connectivity index (χ4n) is 3.20. The summed E-state index contributed by atoms with van der Waals surface area (Å²) in [5, 5.41) is 3.70. The van der Waals surface area contributed by atoms with Gasteiger partial charge in [0.1, 0.15) is 5.82 Å². The first-order chi connectivity index (χ1) is 10.7. The zero-order valence-corrected chi connectivity index (χ0v) is 13.6. The molecule has 1 N–H and O–H groups in total. The molecule has 0 aliphatic carbocycles. The van der Waals surface area contributed by atoms with Crippen LogP contribution in [0.5, 0.6) is 0 Å². The van der Waals surface area contributed by atoms with Crippen molar-refractivity contribution in [3.8, 4) is 0 Å². The van der Waals surface area contributed by atoms with Gasteiger partial charge in [-0.25, -0.2) is 4.98 Å². The Balaban J connectivity index is 1.43. The number of nitrogens with one attached hydrogen (secondary N) is 1. The van der Waals surface area contributed by atoms with Crippen LogP contribution in [0.1, 0.15) is 24.2 Å². The van der Waals surface area contributed by atoms with Crippen LogP contribution in [0, 0.1) is 13.8 Å². The van der Waals surface area contributed by atoms with E-state index in [4.69, 9.17) is 0 Å². The Bertz CT molecular complexity index is 597. The minimum atomic E-state index is 0.643. The fraction of sp³-hybridized carbons (Fsp3) is 0.500. The number of nitrogens with zero attached hydrogens (tertiary/aromatic N) is 3. The van der Waals surface area contributed by atoms with Crippen molar-refractivity contribution in [2.24, 2.45) is 0 Å². The summed E-state index contributed by atoms with van der Waals surface area (Å²) in [7, 11) is 0. The zero-order chi connectivity index (χ0) is 15.4. The van der Waals surface area contributed by atoms with Crippen molar-refractivity contribution in [3.63, 3.8) is 0 Å². The van der Waals surface area contributed by atoms with Crippen LogP contribution in [-0.4, -0.2) is 35.2 Å². The third kappa shape index (κ3) is 3.69. The summed E-state index contributed by atoms with van der Waals surface area (Å²) in [6.45, 7) is 8.53. The summed E-state index contributed by atoms with van der Waals surface area (Å²) in [6, 6.07) is 9.47. The van der Waals surface area contributed by atoms with Crippen molar-refractivity contribution in [3.05, 3.63) is 48.0 Å². The van der Waals surface area contributed by atoms with Crippen LogP contribution in [-0.2, 0) is 6.54 Å². The summed E-state index contributed by atoms with van der Waals surface area (Å²) in [4.78, 5) is 6.77. The van der Waals surface area contributed by atoms with Crippen LogP contribution in [0.2, 0.25) is 0 Å². The molecule has 1 saturated heterocycles. The van der Waals surface area contributed by atoms with E-state index in [0.29, 0.717) is 6.04 Å². The van der Waals surface area contributed by atoms with E-state index in [1.54, 1.807) is 0 Å². The number of benzene rings is 1. The van der Waals surface area contributed by atoms with Crippen LogP contribution in [0.4, 0.5) is 5.69 Å². The molecule has 4 heteroatoms. The summed E-state index contributed by atoms with van der Waals surface area (Å²) in [5.74, 6) is 1.09. The Kier molecular flexibility index (Phi) is 4.78. The van der Waals surface area contributed by atoms with E-state index in [1.807, 2.05) is 6.20 Å². The highest BCUT2D eigenvalue weighted by Crippen LogP contribution is 2.20. The van der Waals surface area contributed by atoms with Gasteiger partial charge in [-0.1, -0.05) is 12.1 Å². The number of aryl methyl sites for hydroxylation is 2. The van der Waals surface area contributed by atoms with E-state index in [-0.39, 0.29) is 0 Å². The molecule has 0 saturated carbocycles. The second-order valence-electron chi connectivity index (χ2n) is 6.22. The van der Waals surface area contributed by atoms with Gasteiger partial charge in [-0.2, -0.15) is 0 Å². The highest BCUT2D eigenvalue weighted by molar-refractivity contribution is 5.48. The van der Waals surface area contributed by atoms with Crippen molar-refractivity contribution in [1.82, 2.24) is 14.9 Å². The molecule has 0 atom stereocenters. The van der Waals surface area contributed by atoms with Crippen LogP contribution in [0.25, 0.3) is 0 Å². The lowest BCUT2D eigenvalue weighted by atomic mass is 10.0. The second kappa shape index (κ2) is 6.97. The average molecular weight is 298 g/mol. The van der Waals surface area contributed by atoms with Crippen LogP contribution >= 0.6 is 0 Å². The first-order valence-electron chi connectivity index (χ1n) is 8.25. The van der Waals surface area contributed by atoms with Gasteiger partial charge in [0, 0.05) is 50.3 Å². The molecule has 0 radical (unpaired) electrons. The standard InChI is InChI=1S/C18H26N4/c1-15-4-3-5-18(14-15)22-10-6-17(7-11-22)20-9-13-21-12-8-19-16(21)2/h3-5,8,12,14,17,20H,6-7,9-11,13H2,1-2H3. The molecule has 0 spiro atoms. The van der Waals surface area contributed by atoms with Crippen LogP contribution < -0.4 is 10.2 Å². The van der Waals surface area contributed by atoms with E-state index in [0.717, 1.165) is 32.0 Å². The summed E-state index contributed by atoms with van der Waals surface area (Å²) in [5.41, 5.74) is 2.71. The molecular weight excluding hydrogens is 272 g/mol. The molecular formula is C18H26N4. The van der Waals surface area contributed by atoms with Crippen LogP contribution in [0.3, 0.4) is 0 Å². The largest absolute Gasteiger partial charge is 0.371 e. The van der Waals surface area contributed by atoms with E-state index in [2.05, 4.69) is 64.1 Å². The summed E-state index contributed by atoms with van der Waals surface area (Å²) in [6.07, 6.45) is 6.36. The molecule has 1 fully saturated rings. The van der Waals surface area contributed by atoms with Crippen molar-refractivity contribution >= 4 is 5.69 Å². The van der Waals surface area contributed by atoms with Gasteiger partial charge in [0.15, 0.2) is 0 Å². The third-order valence-corrected chi connectivity index (χ3v) is 4.57. The smallest absolute Gasteiger partial charge is 0.105 e. The number of aromatic nitrogens is 2. The van der Waals surface area contributed by atoms with E-state index in [9.17, 15) is 0 Å². The van der Waals surface area contributed by atoms with Gasteiger partial charge in [-0.15, -0.1) is 0 Å². The number of rotatable bonds is 5. The Morgan fingerprint density at radius 1 is 1.23 bits per heavy atom. The van der Waals surface area contributed by atoms with E-state index < -0.39 is 0 Å². The quantitative estimate of drug-likeness (QED) is 0.921. The van der Waals surface area contributed by atoms with Gasteiger partial charge in [0.2, 0.25) is 0 Å². The maximum absolute atomic E-state index is 4.26. The first kappa shape index (κ1) is 15.1. The van der Waals surface area contributed by atoms with Crippen molar-refractivity contribution in [2.75, 3.05) is 24.5 Å². The molecule has 1 aromatic carbocycles. The minimum absolute atomic E-state index is 0.643. The summed E-state index contributed by atoms with van der Waals surface area (Å²) >= 11 is 0. The molecule has 3 rings (SSSR count). The molecule has 0 bridgehead atoms. The number of imidazole rings is 1. The first-order valence-corrected chi connectivity index (χ1v) is 8.25. The monoisotopic (exact) mass is 298 g/mol. The zero-order valence-electron chi connectivity index (χ0n) is 13.6. The highest BCUT2D eigenvalue weighted by Gasteiger charge is 2.18. The Labute approximate surface area is 133 Å². The normalized spacial score (nSPS) is 16.2. The lowest BCUT2D eigenvalue weighted by molar-refractivity contribution is 0.405. The number of anilines is 1. The Morgan fingerprint density at radius 2 is 2.05 bits per heavy atom. The predicted molar refractivity (Wildman–Crippen MR) is 91.4 cm³/mol. The van der Waals surface area contributed by atoms with Gasteiger partial charge in [0.05, 0.1) is 0 Å². The molecule has 4 nitrogen and oxygen atoms in total. The number of piperidine rings is 1. The molecule has 22 heavy (non-hydrogen) atoms. The molecule has 1 aromatic heterocycles. The highest BCUT2D eigenvalue weighted by atomic mass is 15.2. The number of hydrogen-bond donors (Lipinski definition) is 1. The topological polar surface area (TPSA) is 33.1 Å². The fourth-order valence-corrected chi connectivity index (χ4v) is 3.20. The molecule has 2 heterocycles. The number of hydrogen-bond acceptors (Lipinski definition) is 3. The molecule has 2 aromatic rings. The van der Waals surface area contributed by atoms with Crippen molar-refractivity contribution in [2.45, 2.75) is 39.3 Å². The summed E-state index contributed by atoms with van der Waals surface area (Å²) < 4.78 is 2.20. The second-order valence-corrected chi connectivity index (χ2v) is 6.22. The van der Waals surface area contributed by atoms with Gasteiger partial charge in [0.25, 0.3) is 0 Å². The van der Waals surface area contributed by atoms with Gasteiger partial charge >= 0.3 is 0 Å². The van der Waals surface area contributed by atoms with Crippen LogP contribution in [0.15, 0.2) is 36.7 Å². The Morgan fingerprint density at radius 3 is 2.73 bits per heavy atom. The molecule has 0 unspecified atom stereocenters. The Hall–Kier alpha value is -1.81. The predicted octanol–water partition coefficient (Wildman–Crippen LogP) is 2.76. The minimum Gasteiger partial charge on any atom is -0.371 e. The van der Waals surface area contributed by atoms with Gasteiger partial charge in [-0.3, -0.25) is 0 Å². The SMILES string of the molecule is Cc1cccc(N2CCC(NCCn3ccnc3C)CC2)c1. The maximum atomic E-state index is 4.26. The van der Waals surface area contributed by atoms with Crippen molar-refractivity contribution in [1.29, 1.82) is 0 Å². The van der Waals surface area contributed by atoms with E-state index in [1.165, 1.54) is 24.1 Å². The maximum Gasteiger partial charge on any atom is 0.105 e. The van der Waals surface area contributed by atoms with Crippen molar-refractivity contribution < 1.29 is 0 Å².